The summed E-state index contributed by atoms with van der Waals surface area (Å²) in [5, 5.41) is 0. The van der Waals surface area contributed by atoms with E-state index in [1.165, 1.54) is 11.3 Å². The van der Waals surface area contributed by atoms with Gasteiger partial charge in [-0.15, -0.1) is 0 Å². The summed E-state index contributed by atoms with van der Waals surface area (Å²) in [4.78, 5) is 32.8. The van der Waals surface area contributed by atoms with Crippen LogP contribution < -0.4 is 29.1 Å². The average Bonchev–Trinajstić information content (AvgIpc) is 3.56. The van der Waals surface area contributed by atoms with Crippen LogP contribution in [0.25, 0.3) is 11.8 Å². The van der Waals surface area contributed by atoms with E-state index in [9.17, 15) is 9.59 Å². The topological polar surface area (TPSA) is 88.4 Å². The predicted molar refractivity (Wildman–Crippen MR) is 147 cm³/mol. The number of methoxy groups -OCH3 is 1. The van der Waals surface area contributed by atoms with Gasteiger partial charge in [0.25, 0.3) is 5.56 Å². The fraction of sp³-hybridized carbons (Fsp3) is 0.167. The lowest BCUT2D eigenvalue weighted by Crippen LogP contribution is -2.40. The van der Waals surface area contributed by atoms with Crippen LogP contribution in [0, 0.1) is 0 Å². The summed E-state index contributed by atoms with van der Waals surface area (Å²) in [6, 6.07) is 21.5. The molecule has 9 heteroatoms. The zero-order chi connectivity index (χ0) is 26.9. The second-order valence-electron chi connectivity index (χ2n) is 8.82. The van der Waals surface area contributed by atoms with Gasteiger partial charge >= 0.3 is 5.97 Å². The van der Waals surface area contributed by atoms with Gasteiger partial charge in [0.15, 0.2) is 16.3 Å². The highest BCUT2D eigenvalue weighted by atomic mass is 32.1. The minimum atomic E-state index is -0.789. The van der Waals surface area contributed by atoms with Gasteiger partial charge in [-0.1, -0.05) is 59.9 Å². The predicted octanol–water partition coefficient (Wildman–Crippen LogP) is 3.67. The standard InChI is InChI=1S/C30H24N2O6S/c1-3-36-29(34)25-26(19-7-5-4-6-8-19)31-30-32(27(25)20-11-14-22-23(16-20)38-17-37-22)28(33)24(39-30)15-18-9-12-21(35-2)13-10-18/h4-16,27H,3,17H2,1-2H3/b24-15-. The maximum Gasteiger partial charge on any atom is 0.338 e. The molecule has 3 heterocycles. The molecule has 4 aromatic rings. The van der Waals surface area contributed by atoms with Crippen molar-refractivity contribution in [2.75, 3.05) is 20.5 Å². The summed E-state index contributed by atoms with van der Waals surface area (Å²) in [6.07, 6.45) is 1.82. The first-order valence-corrected chi connectivity index (χ1v) is 13.2. The smallest absolute Gasteiger partial charge is 0.338 e. The lowest BCUT2D eigenvalue weighted by molar-refractivity contribution is -0.138. The lowest BCUT2D eigenvalue weighted by atomic mass is 9.93. The third-order valence-corrected chi connectivity index (χ3v) is 7.48. The van der Waals surface area contributed by atoms with E-state index >= 15 is 0 Å². The van der Waals surface area contributed by atoms with Crippen LogP contribution in [0.1, 0.15) is 29.7 Å². The molecule has 196 valence electrons. The summed E-state index contributed by atoms with van der Waals surface area (Å²) in [6.45, 7) is 2.04. The Morgan fingerprint density at radius 3 is 2.59 bits per heavy atom. The van der Waals surface area contributed by atoms with Crippen LogP contribution in [-0.4, -0.2) is 31.0 Å². The van der Waals surface area contributed by atoms with Crippen molar-refractivity contribution in [3.8, 4) is 17.2 Å². The number of rotatable bonds is 6. The summed E-state index contributed by atoms with van der Waals surface area (Å²) in [5.41, 5.74) is 2.76. The minimum absolute atomic E-state index is 0.110. The van der Waals surface area contributed by atoms with Crippen molar-refractivity contribution in [3.05, 3.63) is 115 Å². The molecule has 0 bridgehead atoms. The van der Waals surface area contributed by atoms with Gasteiger partial charge in [0.1, 0.15) is 5.75 Å². The Morgan fingerprint density at radius 2 is 1.85 bits per heavy atom. The molecule has 0 fully saturated rings. The van der Waals surface area contributed by atoms with E-state index in [0.29, 0.717) is 32.1 Å². The van der Waals surface area contributed by atoms with Crippen molar-refractivity contribution in [2.24, 2.45) is 4.99 Å². The highest BCUT2D eigenvalue weighted by Gasteiger charge is 2.36. The lowest BCUT2D eigenvalue weighted by Gasteiger charge is -2.26. The Balaban J connectivity index is 1.62. The fourth-order valence-corrected chi connectivity index (χ4v) is 5.69. The van der Waals surface area contributed by atoms with Gasteiger partial charge in [0.05, 0.1) is 35.6 Å². The number of thiazole rings is 1. The molecule has 3 aromatic carbocycles. The summed E-state index contributed by atoms with van der Waals surface area (Å²) < 4.78 is 23.9. The second kappa shape index (κ2) is 10.3. The molecule has 2 aliphatic rings. The Labute approximate surface area is 227 Å². The molecule has 0 N–H and O–H groups in total. The number of esters is 1. The third kappa shape index (κ3) is 4.51. The largest absolute Gasteiger partial charge is 0.497 e. The van der Waals surface area contributed by atoms with E-state index in [0.717, 1.165) is 16.9 Å². The number of hydrogen-bond acceptors (Lipinski definition) is 8. The van der Waals surface area contributed by atoms with Crippen LogP contribution in [0.4, 0.5) is 0 Å². The van der Waals surface area contributed by atoms with Gasteiger partial charge in [-0.05, 0) is 48.4 Å². The van der Waals surface area contributed by atoms with Crippen LogP contribution in [0.2, 0.25) is 0 Å². The number of aromatic nitrogens is 1. The van der Waals surface area contributed by atoms with Crippen molar-refractivity contribution >= 4 is 29.1 Å². The number of carbonyl (C=O) groups excluding carboxylic acids is 1. The van der Waals surface area contributed by atoms with E-state index in [1.807, 2.05) is 66.7 Å². The van der Waals surface area contributed by atoms with E-state index in [-0.39, 0.29) is 24.5 Å². The molecule has 39 heavy (non-hydrogen) atoms. The number of benzene rings is 3. The molecule has 0 saturated heterocycles. The number of nitrogens with zero attached hydrogens (tertiary/aromatic N) is 2. The Hall–Kier alpha value is -4.63. The van der Waals surface area contributed by atoms with E-state index in [1.54, 1.807) is 30.7 Å². The van der Waals surface area contributed by atoms with E-state index in [4.69, 9.17) is 23.9 Å². The van der Waals surface area contributed by atoms with Gasteiger partial charge in [-0.2, -0.15) is 0 Å². The fourth-order valence-electron chi connectivity index (χ4n) is 4.69. The average molecular weight is 541 g/mol. The normalized spacial score (nSPS) is 16.1. The first-order chi connectivity index (χ1) is 19.1. The van der Waals surface area contributed by atoms with E-state index < -0.39 is 12.0 Å². The monoisotopic (exact) mass is 540 g/mol. The Bertz CT molecular complexity index is 1770. The molecule has 6 rings (SSSR count). The molecule has 0 radical (unpaired) electrons. The Kier molecular flexibility index (Phi) is 6.50. The molecule has 8 nitrogen and oxygen atoms in total. The minimum Gasteiger partial charge on any atom is -0.497 e. The second-order valence-corrected chi connectivity index (χ2v) is 9.83. The molecule has 1 unspecified atom stereocenters. The molecular weight excluding hydrogens is 516 g/mol. The summed E-state index contributed by atoms with van der Waals surface area (Å²) in [7, 11) is 1.61. The first kappa shape index (κ1) is 24.7. The van der Waals surface area contributed by atoms with Crippen LogP contribution >= 0.6 is 11.3 Å². The van der Waals surface area contributed by atoms with Crippen LogP contribution in [0.3, 0.4) is 0 Å². The number of carbonyl (C=O) groups is 1. The van der Waals surface area contributed by atoms with Crippen molar-refractivity contribution in [3.63, 3.8) is 0 Å². The number of fused-ring (bicyclic) bond motifs is 2. The third-order valence-electron chi connectivity index (χ3n) is 6.50. The SMILES string of the molecule is CCOC(=O)C1=C(c2ccccc2)N=c2s/c(=C\c3ccc(OC)cc3)c(=O)n2C1c1ccc2c(c1)OCO2. The van der Waals surface area contributed by atoms with Crippen LogP contribution in [-0.2, 0) is 9.53 Å². The zero-order valence-corrected chi connectivity index (χ0v) is 22.1. The number of hydrogen-bond donors (Lipinski definition) is 0. The van der Waals surface area contributed by atoms with Crippen molar-refractivity contribution < 1.29 is 23.7 Å². The Morgan fingerprint density at radius 1 is 1.08 bits per heavy atom. The molecule has 0 saturated carbocycles. The molecule has 2 aliphatic heterocycles. The van der Waals surface area contributed by atoms with Crippen molar-refractivity contribution in [1.82, 2.24) is 4.57 Å². The molecule has 0 aliphatic carbocycles. The molecule has 0 spiro atoms. The highest BCUT2D eigenvalue weighted by molar-refractivity contribution is 7.07. The maximum absolute atomic E-state index is 14.0. The van der Waals surface area contributed by atoms with Gasteiger partial charge < -0.3 is 18.9 Å². The van der Waals surface area contributed by atoms with Gasteiger partial charge in [0, 0.05) is 5.56 Å². The van der Waals surface area contributed by atoms with Crippen molar-refractivity contribution in [2.45, 2.75) is 13.0 Å². The molecule has 0 amide bonds. The highest BCUT2D eigenvalue weighted by Crippen LogP contribution is 2.40. The zero-order valence-electron chi connectivity index (χ0n) is 21.2. The van der Waals surface area contributed by atoms with E-state index in [2.05, 4.69) is 0 Å². The van der Waals surface area contributed by atoms with Crippen LogP contribution in [0.15, 0.2) is 88.2 Å². The number of ether oxygens (including phenoxy) is 4. The molecule has 1 aromatic heterocycles. The van der Waals surface area contributed by atoms with Crippen LogP contribution in [0.5, 0.6) is 17.2 Å². The van der Waals surface area contributed by atoms with Crippen molar-refractivity contribution in [1.29, 1.82) is 0 Å². The quantitative estimate of drug-likeness (QED) is 0.347. The van der Waals surface area contributed by atoms with Gasteiger partial charge in [0.2, 0.25) is 6.79 Å². The maximum atomic E-state index is 14.0. The summed E-state index contributed by atoms with van der Waals surface area (Å²) >= 11 is 1.27. The summed E-state index contributed by atoms with van der Waals surface area (Å²) in [5.74, 6) is 1.35. The molecular formula is C30H24N2O6S. The van der Waals surface area contributed by atoms with Gasteiger partial charge in [-0.25, -0.2) is 9.79 Å². The van der Waals surface area contributed by atoms with Gasteiger partial charge in [-0.3, -0.25) is 9.36 Å². The molecule has 1 atom stereocenters. The first-order valence-electron chi connectivity index (χ1n) is 12.4.